The minimum absolute atomic E-state index is 0.0531. The number of rotatable bonds is 5. The van der Waals surface area contributed by atoms with Gasteiger partial charge in [-0.25, -0.2) is 4.79 Å². The van der Waals surface area contributed by atoms with E-state index in [2.05, 4.69) is 5.32 Å². The van der Waals surface area contributed by atoms with Crippen molar-refractivity contribution in [2.75, 3.05) is 20.2 Å². The third-order valence-corrected chi connectivity index (χ3v) is 4.08. The van der Waals surface area contributed by atoms with Crippen molar-refractivity contribution in [3.63, 3.8) is 0 Å². The minimum atomic E-state index is -0.410. The number of hydrogen-bond acceptors (Lipinski definition) is 3. The van der Waals surface area contributed by atoms with Crippen LogP contribution in [0, 0.1) is 0 Å². The first-order chi connectivity index (χ1) is 10.5. The maximum absolute atomic E-state index is 12.2. The summed E-state index contributed by atoms with van der Waals surface area (Å²) in [5.41, 5.74) is 1.01. The number of amides is 2. The topological polar surface area (TPSA) is 61.8 Å². The fourth-order valence-electron chi connectivity index (χ4n) is 2.47. The van der Waals surface area contributed by atoms with Gasteiger partial charge >= 0.3 is 6.03 Å². The van der Waals surface area contributed by atoms with Gasteiger partial charge in [0.25, 0.3) is 0 Å². The zero-order valence-corrected chi connectivity index (χ0v) is 13.7. The van der Waals surface area contributed by atoms with Gasteiger partial charge in [-0.1, -0.05) is 23.7 Å². The molecule has 3 atom stereocenters. The lowest BCUT2D eigenvalue weighted by atomic mass is 10.0. The maximum atomic E-state index is 12.2. The number of nitrogens with zero attached hydrogens (tertiary/aromatic N) is 1. The van der Waals surface area contributed by atoms with Crippen LogP contribution in [0.1, 0.15) is 31.4 Å². The van der Waals surface area contributed by atoms with Gasteiger partial charge in [-0.05, 0) is 37.5 Å². The summed E-state index contributed by atoms with van der Waals surface area (Å²) >= 11 is 5.90. The number of nitrogens with one attached hydrogen (secondary N) is 1. The molecule has 1 aliphatic heterocycles. The molecule has 0 aliphatic carbocycles. The number of aliphatic hydroxyl groups excluding tert-OH is 1. The van der Waals surface area contributed by atoms with E-state index < -0.39 is 6.10 Å². The molecular formula is C16H23ClN2O3. The maximum Gasteiger partial charge on any atom is 0.317 e. The highest BCUT2D eigenvalue weighted by molar-refractivity contribution is 6.30. The van der Waals surface area contributed by atoms with Crippen LogP contribution in [-0.2, 0) is 4.74 Å². The molecule has 1 aromatic carbocycles. The number of halogens is 1. The summed E-state index contributed by atoms with van der Waals surface area (Å²) in [6, 6.07) is 7.31. The molecule has 0 bridgehead atoms. The molecule has 0 spiro atoms. The Morgan fingerprint density at radius 2 is 2.18 bits per heavy atom. The van der Waals surface area contributed by atoms with Gasteiger partial charge in [0.05, 0.1) is 12.1 Å². The lowest BCUT2D eigenvalue weighted by molar-refractivity contribution is 0.0980. The average molecular weight is 327 g/mol. The van der Waals surface area contributed by atoms with Crippen molar-refractivity contribution in [3.8, 4) is 0 Å². The van der Waals surface area contributed by atoms with Crippen molar-refractivity contribution in [1.29, 1.82) is 0 Å². The third-order valence-electron chi connectivity index (χ3n) is 3.83. The fourth-order valence-corrected chi connectivity index (χ4v) is 2.60. The Hall–Kier alpha value is -1.30. The van der Waals surface area contributed by atoms with Gasteiger partial charge in [0.15, 0.2) is 0 Å². The van der Waals surface area contributed by atoms with Crippen molar-refractivity contribution in [3.05, 3.63) is 34.9 Å². The molecule has 2 amide bonds. The molecule has 1 aromatic rings. The summed E-state index contributed by atoms with van der Waals surface area (Å²) < 4.78 is 5.75. The van der Waals surface area contributed by atoms with Crippen LogP contribution in [-0.4, -0.2) is 48.4 Å². The number of urea groups is 1. The molecule has 0 saturated carbocycles. The molecule has 0 aromatic heterocycles. The third kappa shape index (κ3) is 4.60. The van der Waals surface area contributed by atoms with Gasteiger partial charge in [0.1, 0.15) is 6.10 Å². The smallest absolute Gasteiger partial charge is 0.317 e. The first-order valence-corrected chi connectivity index (χ1v) is 7.92. The molecule has 1 fully saturated rings. The van der Waals surface area contributed by atoms with Gasteiger partial charge in [-0.15, -0.1) is 0 Å². The molecular weight excluding hydrogens is 304 g/mol. The molecule has 6 heteroatoms. The van der Waals surface area contributed by atoms with E-state index in [4.69, 9.17) is 16.3 Å². The van der Waals surface area contributed by atoms with Gasteiger partial charge in [-0.3, -0.25) is 0 Å². The van der Waals surface area contributed by atoms with Gasteiger partial charge in [0, 0.05) is 25.2 Å². The van der Waals surface area contributed by atoms with Crippen LogP contribution < -0.4 is 5.32 Å². The zero-order valence-electron chi connectivity index (χ0n) is 13.0. The highest BCUT2D eigenvalue weighted by Gasteiger charge is 2.31. The summed E-state index contributed by atoms with van der Waals surface area (Å²) in [7, 11) is 1.73. The summed E-state index contributed by atoms with van der Waals surface area (Å²) in [6.07, 6.45) is 0.785. The van der Waals surface area contributed by atoms with Crippen LogP contribution in [0.2, 0.25) is 5.02 Å². The number of hydrogen-bond donors (Lipinski definition) is 2. The Balaban J connectivity index is 1.93. The first kappa shape index (κ1) is 17.1. The Labute approximate surface area is 136 Å². The van der Waals surface area contributed by atoms with Gasteiger partial charge < -0.3 is 20.1 Å². The highest BCUT2D eigenvalue weighted by atomic mass is 35.5. The van der Waals surface area contributed by atoms with Crippen LogP contribution in [0.3, 0.4) is 0 Å². The lowest BCUT2D eigenvalue weighted by Crippen LogP contribution is -2.44. The van der Waals surface area contributed by atoms with E-state index in [0.29, 0.717) is 24.6 Å². The fraction of sp³-hybridized carbons (Fsp3) is 0.562. The van der Waals surface area contributed by atoms with Crippen molar-refractivity contribution >= 4 is 17.6 Å². The van der Waals surface area contributed by atoms with E-state index in [-0.39, 0.29) is 18.2 Å². The first-order valence-electron chi connectivity index (χ1n) is 7.54. The molecule has 5 nitrogen and oxygen atoms in total. The molecule has 122 valence electrons. The summed E-state index contributed by atoms with van der Waals surface area (Å²) in [5, 5.41) is 13.0. The molecule has 1 saturated heterocycles. The molecule has 1 aliphatic rings. The Morgan fingerprint density at radius 3 is 2.82 bits per heavy atom. The Bertz CT molecular complexity index is 493. The highest BCUT2D eigenvalue weighted by Crippen LogP contribution is 2.30. The number of benzene rings is 1. The van der Waals surface area contributed by atoms with Crippen LogP contribution in [0.4, 0.5) is 4.79 Å². The molecule has 1 heterocycles. The molecule has 22 heavy (non-hydrogen) atoms. The second kappa shape index (κ2) is 7.81. The van der Waals surface area contributed by atoms with E-state index in [1.54, 1.807) is 18.9 Å². The van der Waals surface area contributed by atoms with Crippen LogP contribution in [0.5, 0.6) is 0 Å². The lowest BCUT2D eigenvalue weighted by Gasteiger charge is -2.24. The Morgan fingerprint density at radius 1 is 1.50 bits per heavy atom. The van der Waals surface area contributed by atoms with Crippen molar-refractivity contribution < 1.29 is 14.6 Å². The normalized spacial score (nSPS) is 22.4. The standard InChI is InChI=1S/C16H23ClN2O3/c1-11(20)7-9-19(2)16(21)18-14-8-10-22-15(14)12-3-5-13(17)6-4-12/h3-6,11,14-15,20H,7-10H2,1-2H3,(H,18,21). The van der Waals surface area contributed by atoms with Crippen LogP contribution in [0.15, 0.2) is 24.3 Å². The SMILES string of the molecule is CC(O)CCN(C)C(=O)NC1CCOC1c1ccc(Cl)cc1. The predicted molar refractivity (Wildman–Crippen MR) is 86.0 cm³/mol. The van der Waals surface area contributed by atoms with E-state index >= 15 is 0 Å². The van der Waals surface area contributed by atoms with Crippen LogP contribution in [0.25, 0.3) is 0 Å². The van der Waals surface area contributed by atoms with Crippen molar-refractivity contribution in [2.45, 2.75) is 38.0 Å². The monoisotopic (exact) mass is 326 g/mol. The minimum Gasteiger partial charge on any atom is -0.393 e. The van der Waals surface area contributed by atoms with Crippen molar-refractivity contribution in [1.82, 2.24) is 10.2 Å². The van der Waals surface area contributed by atoms with Gasteiger partial charge in [0.2, 0.25) is 0 Å². The molecule has 3 unspecified atom stereocenters. The number of ether oxygens (including phenoxy) is 1. The van der Waals surface area contributed by atoms with E-state index in [0.717, 1.165) is 12.0 Å². The Kier molecular flexibility index (Phi) is 6.06. The molecule has 2 N–H and O–H groups in total. The largest absolute Gasteiger partial charge is 0.393 e. The summed E-state index contributed by atoms with van der Waals surface area (Å²) in [6.45, 7) is 2.85. The predicted octanol–water partition coefficient (Wildman–Crippen LogP) is 2.58. The summed E-state index contributed by atoms with van der Waals surface area (Å²) in [5.74, 6) is 0. The summed E-state index contributed by atoms with van der Waals surface area (Å²) in [4.78, 5) is 13.8. The number of aliphatic hydroxyl groups is 1. The van der Waals surface area contributed by atoms with Gasteiger partial charge in [-0.2, -0.15) is 0 Å². The number of carbonyl (C=O) groups excluding carboxylic acids is 1. The average Bonchev–Trinajstić information content (AvgIpc) is 2.93. The van der Waals surface area contributed by atoms with E-state index in [9.17, 15) is 9.90 Å². The second-order valence-corrected chi connectivity index (χ2v) is 6.18. The number of carbonyl (C=O) groups is 1. The second-order valence-electron chi connectivity index (χ2n) is 5.75. The van der Waals surface area contributed by atoms with Crippen molar-refractivity contribution in [2.24, 2.45) is 0 Å². The quantitative estimate of drug-likeness (QED) is 0.874. The van der Waals surface area contributed by atoms with E-state index in [1.807, 2.05) is 24.3 Å². The van der Waals surface area contributed by atoms with E-state index in [1.165, 1.54) is 0 Å². The molecule has 2 rings (SSSR count). The zero-order chi connectivity index (χ0) is 16.1. The van der Waals surface area contributed by atoms with Crippen LogP contribution >= 0.6 is 11.6 Å². The molecule has 0 radical (unpaired) electrons.